The van der Waals surface area contributed by atoms with Crippen LogP contribution in [0.2, 0.25) is 0 Å². The highest BCUT2D eigenvalue weighted by atomic mass is 16.2. The standard InChI is InChI=1S/C20H40O/c1-2-3-4-5-6-7-8-9-10-12-15-20(17-18-20)16-13-11-14-19-21/h21H,2-19H2,1H3. The van der Waals surface area contributed by atoms with Crippen LogP contribution in [0.5, 0.6) is 0 Å². The Hall–Kier alpha value is -0.0400. The van der Waals surface area contributed by atoms with E-state index >= 15 is 0 Å². The van der Waals surface area contributed by atoms with Gasteiger partial charge in [-0.25, -0.2) is 0 Å². The lowest BCUT2D eigenvalue weighted by atomic mass is 9.91. The first-order valence-corrected chi connectivity index (χ1v) is 9.94. The van der Waals surface area contributed by atoms with Crippen LogP contribution in [0.4, 0.5) is 0 Å². The van der Waals surface area contributed by atoms with Crippen LogP contribution in [0.15, 0.2) is 0 Å². The molecule has 0 saturated heterocycles. The third-order valence-electron chi connectivity index (χ3n) is 5.38. The van der Waals surface area contributed by atoms with Crippen LogP contribution < -0.4 is 0 Å². The summed E-state index contributed by atoms with van der Waals surface area (Å²) in [6.45, 7) is 2.67. The molecular formula is C20H40O. The average Bonchev–Trinajstić information content (AvgIpc) is 3.26. The summed E-state index contributed by atoms with van der Waals surface area (Å²) in [5.41, 5.74) is 0.760. The highest BCUT2D eigenvalue weighted by Gasteiger charge is 2.40. The molecular weight excluding hydrogens is 256 g/mol. The Morgan fingerprint density at radius 2 is 1.05 bits per heavy atom. The van der Waals surface area contributed by atoms with Crippen molar-refractivity contribution in [3.63, 3.8) is 0 Å². The largest absolute Gasteiger partial charge is 0.396 e. The van der Waals surface area contributed by atoms with Crippen molar-refractivity contribution < 1.29 is 5.11 Å². The van der Waals surface area contributed by atoms with Gasteiger partial charge >= 0.3 is 0 Å². The van der Waals surface area contributed by atoms with Gasteiger partial charge in [-0.1, -0.05) is 84.0 Å². The molecule has 1 nitrogen and oxygen atoms in total. The van der Waals surface area contributed by atoms with E-state index in [4.69, 9.17) is 5.11 Å². The highest BCUT2D eigenvalue weighted by Crippen LogP contribution is 2.53. The van der Waals surface area contributed by atoms with Gasteiger partial charge in [-0.05, 0) is 37.5 Å². The maximum atomic E-state index is 8.82. The molecule has 1 aliphatic rings. The van der Waals surface area contributed by atoms with Gasteiger partial charge < -0.3 is 5.11 Å². The number of rotatable bonds is 16. The molecule has 0 spiro atoms. The summed E-state index contributed by atoms with van der Waals surface area (Å²) in [6, 6.07) is 0. The van der Waals surface area contributed by atoms with Crippen molar-refractivity contribution in [3.05, 3.63) is 0 Å². The van der Waals surface area contributed by atoms with E-state index in [0.717, 1.165) is 11.8 Å². The summed E-state index contributed by atoms with van der Waals surface area (Å²) in [6.07, 6.45) is 24.0. The second-order valence-electron chi connectivity index (χ2n) is 7.47. The molecule has 1 saturated carbocycles. The Labute approximate surface area is 133 Å². The molecule has 1 rings (SSSR count). The highest BCUT2D eigenvalue weighted by molar-refractivity contribution is 4.92. The lowest BCUT2D eigenvalue weighted by Gasteiger charge is -2.14. The van der Waals surface area contributed by atoms with Crippen LogP contribution in [-0.4, -0.2) is 11.7 Å². The fourth-order valence-electron chi connectivity index (χ4n) is 3.58. The third kappa shape index (κ3) is 10.3. The number of aliphatic hydroxyl groups excluding tert-OH is 1. The molecule has 126 valence electrons. The van der Waals surface area contributed by atoms with Crippen molar-refractivity contribution in [3.8, 4) is 0 Å². The predicted molar refractivity (Wildman–Crippen MR) is 93.7 cm³/mol. The summed E-state index contributed by atoms with van der Waals surface area (Å²) in [4.78, 5) is 0. The minimum atomic E-state index is 0.380. The van der Waals surface area contributed by atoms with E-state index in [1.54, 1.807) is 0 Å². The Bertz CT molecular complexity index is 220. The van der Waals surface area contributed by atoms with Crippen LogP contribution in [0.25, 0.3) is 0 Å². The van der Waals surface area contributed by atoms with Gasteiger partial charge in [0.1, 0.15) is 0 Å². The van der Waals surface area contributed by atoms with Crippen molar-refractivity contribution in [1.29, 1.82) is 0 Å². The molecule has 1 heteroatoms. The lowest BCUT2D eigenvalue weighted by Crippen LogP contribution is -2.00. The van der Waals surface area contributed by atoms with Gasteiger partial charge in [-0.3, -0.25) is 0 Å². The van der Waals surface area contributed by atoms with Crippen LogP contribution >= 0.6 is 0 Å². The monoisotopic (exact) mass is 296 g/mol. The SMILES string of the molecule is CCCCCCCCCCCCC1(CCCCCO)CC1. The molecule has 0 radical (unpaired) electrons. The van der Waals surface area contributed by atoms with Crippen LogP contribution in [0.1, 0.15) is 116 Å². The fraction of sp³-hybridized carbons (Fsp3) is 1.00. The third-order valence-corrected chi connectivity index (χ3v) is 5.38. The molecule has 1 aliphatic carbocycles. The molecule has 0 aliphatic heterocycles. The summed E-state index contributed by atoms with van der Waals surface area (Å²) in [7, 11) is 0. The average molecular weight is 297 g/mol. The fourth-order valence-corrected chi connectivity index (χ4v) is 3.58. The van der Waals surface area contributed by atoms with E-state index in [-0.39, 0.29) is 0 Å². The zero-order valence-corrected chi connectivity index (χ0v) is 14.7. The molecule has 21 heavy (non-hydrogen) atoms. The molecule has 0 aromatic carbocycles. The van der Waals surface area contributed by atoms with Crippen molar-refractivity contribution in [2.75, 3.05) is 6.61 Å². The molecule has 1 fully saturated rings. The van der Waals surface area contributed by atoms with E-state index in [0.29, 0.717) is 6.61 Å². The van der Waals surface area contributed by atoms with Gasteiger partial charge in [0.25, 0.3) is 0 Å². The topological polar surface area (TPSA) is 20.2 Å². The summed E-state index contributed by atoms with van der Waals surface area (Å²) >= 11 is 0. The predicted octanol–water partition coefficient (Wildman–Crippen LogP) is 6.63. The zero-order chi connectivity index (χ0) is 15.2. The normalized spacial score (nSPS) is 16.3. The first-order chi connectivity index (χ1) is 10.3. The van der Waals surface area contributed by atoms with Crippen LogP contribution in [0.3, 0.4) is 0 Å². The van der Waals surface area contributed by atoms with Gasteiger partial charge in [-0.2, -0.15) is 0 Å². The second-order valence-corrected chi connectivity index (χ2v) is 7.47. The minimum Gasteiger partial charge on any atom is -0.396 e. The summed E-state index contributed by atoms with van der Waals surface area (Å²) in [5, 5.41) is 8.82. The smallest absolute Gasteiger partial charge is 0.0431 e. The number of hydrogen-bond acceptors (Lipinski definition) is 1. The molecule has 0 aromatic rings. The minimum absolute atomic E-state index is 0.380. The number of unbranched alkanes of at least 4 members (excludes halogenated alkanes) is 11. The van der Waals surface area contributed by atoms with Crippen LogP contribution in [0, 0.1) is 5.41 Å². The van der Waals surface area contributed by atoms with Gasteiger partial charge in [0.05, 0.1) is 0 Å². The van der Waals surface area contributed by atoms with Crippen molar-refractivity contribution in [2.45, 2.75) is 116 Å². The van der Waals surface area contributed by atoms with E-state index < -0.39 is 0 Å². The van der Waals surface area contributed by atoms with E-state index in [1.165, 1.54) is 103 Å². The first-order valence-electron chi connectivity index (χ1n) is 9.94. The Balaban J connectivity index is 1.81. The zero-order valence-electron chi connectivity index (χ0n) is 14.7. The molecule has 1 N–H and O–H groups in total. The molecule has 0 bridgehead atoms. The molecule has 0 amide bonds. The van der Waals surface area contributed by atoms with E-state index in [9.17, 15) is 0 Å². The number of aliphatic hydroxyl groups is 1. The molecule has 0 heterocycles. The van der Waals surface area contributed by atoms with Gasteiger partial charge in [-0.15, -0.1) is 0 Å². The number of hydrogen-bond donors (Lipinski definition) is 1. The summed E-state index contributed by atoms with van der Waals surface area (Å²) < 4.78 is 0. The van der Waals surface area contributed by atoms with Crippen molar-refractivity contribution >= 4 is 0 Å². The first kappa shape index (κ1) is 19.0. The van der Waals surface area contributed by atoms with Gasteiger partial charge in [0.15, 0.2) is 0 Å². The van der Waals surface area contributed by atoms with Crippen molar-refractivity contribution in [1.82, 2.24) is 0 Å². The molecule has 0 atom stereocenters. The van der Waals surface area contributed by atoms with Gasteiger partial charge in [0, 0.05) is 6.61 Å². The van der Waals surface area contributed by atoms with E-state index in [1.807, 2.05) is 0 Å². The quantitative estimate of drug-likeness (QED) is 0.317. The molecule has 0 aromatic heterocycles. The maximum Gasteiger partial charge on any atom is 0.0431 e. The lowest BCUT2D eigenvalue weighted by molar-refractivity contribution is 0.278. The van der Waals surface area contributed by atoms with Crippen molar-refractivity contribution in [2.24, 2.45) is 5.41 Å². The van der Waals surface area contributed by atoms with Gasteiger partial charge in [0.2, 0.25) is 0 Å². The second kappa shape index (κ2) is 12.5. The summed E-state index contributed by atoms with van der Waals surface area (Å²) in [5.74, 6) is 0. The van der Waals surface area contributed by atoms with E-state index in [2.05, 4.69) is 6.92 Å². The maximum absolute atomic E-state index is 8.82. The Kier molecular flexibility index (Phi) is 11.3. The Morgan fingerprint density at radius 1 is 0.619 bits per heavy atom. The van der Waals surface area contributed by atoms with Crippen LogP contribution in [-0.2, 0) is 0 Å². The Morgan fingerprint density at radius 3 is 1.48 bits per heavy atom. The molecule has 0 unspecified atom stereocenters.